The Hall–Kier alpha value is -1.73. The Morgan fingerprint density at radius 2 is 2.47 bits per heavy atom. The van der Waals surface area contributed by atoms with E-state index >= 15 is 0 Å². The van der Waals surface area contributed by atoms with E-state index in [2.05, 4.69) is 15.4 Å². The molecule has 3 N–H and O–H groups in total. The summed E-state index contributed by atoms with van der Waals surface area (Å²) in [7, 11) is 1.74. The van der Waals surface area contributed by atoms with Crippen LogP contribution in [-0.4, -0.2) is 26.7 Å². The first-order valence-electron chi connectivity index (χ1n) is 6.17. The van der Waals surface area contributed by atoms with Crippen LogP contribution in [0.1, 0.15) is 27.5 Å². The molecule has 7 heteroatoms. The summed E-state index contributed by atoms with van der Waals surface area (Å²) in [5, 5.41) is 7.44. The fourth-order valence-corrected chi connectivity index (χ4v) is 3.31. The minimum Gasteiger partial charge on any atom is -0.327 e. The maximum atomic E-state index is 12.0. The van der Waals surface area contributed by atoms with Gasteiger partial charge < -0.3 is 5.73 Å². The molecule has 1 amide bonds. The van der Waals surface area contributed by atoms with Gasteiger partial charge in [0.2, 0.25) is 0 Å². The number of hydrogen-bond acceptors (Lipinski definition) is 5. The first-order chi connectivity index (χ1) is 9.13. The minimum absolute atomic E-state index is 0.185. The Bertz CT molecular complexity index is 617. The second-order valence-corrected chi connectivity index (χ2v) is 5.77. The van der Waals surface area contributed by atoms with Crippen LogP contribution >= 0.6 is 11.3 Å². The van der Waals surface area contributed by atoms with Crippen molar-refractivity contribution in [1.82, 2.24) is 14.8 Å². The Morgan fingerprint density at radius 3 is 3.21 bits per heavy atom. The number of nitrogens with two attached hydrogens (primary N) is 1. The summed E-state index contributed by atoms with van der Waals surface area (Å²) >= 11 is 1.52. The van der Waals surface area contributed by atoms with Crippen LogP contribution in [0.5, 0.6) is 0 Å². The van der Waals surface area contributed by atoms with E-state index in [9.17, 15) is 4.79 Å². The molecule has 2 aromatic heterocycles. The van der Waals surface area contributed by atoms with Crippen LogP contribution in [-0.2, 0) is 19.9 Å². The number of hydrogen-bond donors (Lipinski definition) is 2. The van der Waals surface area contributed by atoms with E-state index in [-0.39, 0.29) is 11.9 Å². The number of amides is 1. The van der Waals surface area contributed by atoms with Gasteiger partial charge in [-0.3, -0.25) is 14.8 Å². The lowest BCUT2D eigenvalue weighted by Gasteiger charge is -2.15. The predicted octanol–water partition coefficient (Wildman–Crippen LogP) is 0.945. The van der Waals surface area contributed by atoms with E-state index in [0.717, 1.165) is 25.0 Å². The van der Waals surface area contributed by atoms with Gasteiger partial charge in [-0.05, 0) is 25.3 Å². The maximum Gasteiger partial charge on any atom is 0.275 e. The molecule has 0 saturated heterocycles. The molecule has 100 valence electrons. The van der Waals surface area contributed by atoms with Crippen molar-refractivity contribution < 1.29 is 4.79 Å². The Morgan fingerprint density at radius 1 is 1.63 bits per heavy atom. The average molecular weight is 277 g/mol. The lowest BCUT2D eigenvalue weighted by molar-refractivity contribution is 0.101. The van der Waals surface area contributed by atoms with Crippen LogP contribution in [0, 0.1) is 0 Å². The van der Waals surface area contributed by atoms with Gasteiger partial charge >= 0.3 is 0 Å². The van der Waals surface area contributed by atoms with Gasteiger partial charge in [0.05, 0.1) is 5.69 Å². The molecule has 0 radical (unpaired) electrons. The van der Waals surface area contributed by atoms with Gasteiger partial charge in [-0.1, -0.05) is 0 Å². The van der Waals surface area contributed by atoms with Crippen molar-refractivity contribution in [3.05, 3.63) is 28.5 Å². The average Bonchev–Trinajstić information content (AvgIpc) is 2.94. The molecule has 0 unspecified atom stereocenters. The summed E-state index contributed by atoms with van der Waals surface area (Å²) in [6.07, 6.45) is 4.32. The molecule has 0 bridgehead atoms. The quantitative estimate of drug-likeness (QED) is 0.855. The molecule has 0 aliphatic heterocycles. The van der Waals surface area contributed by atoms with Crippen LogP contribution in [0.3, 0.4) is 0 Å². The molecule has 1 aliphatic carbocycles. The number of nitrogens with zero attached hydrogens (tertiary/aromatic N) is 3. The zero-order chi connectivity index (χ0) is 13.4. The summed E-state index contributed by atoms with van der Waals surface area (Å²) in [6.45, 7) is 0. The third-order valence-electron chi connectivity index (χ3n) is 3.25. The van der Waals surface area contributed by atoms with E-state index in [0.29, 0.717) is 10.8 Å². The molecule has 6 nitrogen and oxygen atoms in total. The van der Waals surface area contributed by atoms with Crippen molar-refractivity contribution >= 4 is 22.4 Å². The molecule has 0 fully saturated rings. The number of anilines is 1. The molecule has 1 atom stereocenters. The van der Waals surface area contributed by atoms with Gasteiger partial charge in [0.25, 0.3) is 5.91 Å². The highest BCUT2D eigenvalue weighted by molar-refractivity contribution is 7.15. The number of fused-ring (bicyclic) bond motifs is 1. The van der Waals surface area contributed by atoms with Crippen molar-refractivity contribution in [3.8, 4) is 0 Å². The Labute approximate surface area is 114 Å². The summed E-state index contributed by atoms with van der Waals surface area (Å²) in [6, 6.07) is 1.90. The molecule has 0 aromatic carbocycles. The van der Waals surface area contributed by atoms with Crippen LogP contribution in [0.4, 0.5) is 5.13 Å². The Balaban J connectivity index is 1.78. The monoisotopic (exact) mass is 277 g/mol. The van der Waals surface area contributed by atoms with Gasteiger partial charge in [-0.15, -0.1) is 11.3 Å². The lowest BCUT2D eigenvalue weighted by atomic mass is 9.99. The molecule has 3 rings (SSSR count). The molecule has 2 aromatic rings. The first-order valence-corrected chi connectivity index (χ1v) is 6.98. The number of nitrogens with one attached hydrogen (secondary N) is 1. The third kappa shape index (κ3) is 2.39. The standard InChI is InChI=1S/C12H15N5OS/c1-17-9(4-5-14-17)11(18)16-12-15-8-3-2-7(13)6-10(8)19-12/h4-5,7H,2-3,6,13H2,1H3,(H,15,16,18)/t7-/m0/s1. The molecule has 1 aliphatic rings. The molecular formula is C12H15N5OS. The third-order valence-corrected chi connectivity index (χ3v) is 4.29. The Kier molecular flexibility index (Phi) is 3.08. The van der Waals surface area contributed by atoms with Crippen LogP contribution < -0.4 is 11.1 Å². The van der Waals surface area contributed by atoms with Gasteiger partial charge in [-0.25, -0.2) is 4.98 Å². The lowest BCUT2D eigenvalue weighted by Crippen LogP contribution is -2.27. The van der Waals surface area contributed by atoms with E-state index in [4.69, 9.17) is 5.73 Å². The molecular weight excluding hydrogens is 262 g/mol. The largest absolute Gasteiger partial charge is 0.327 e. The highest BCUT2D eigenvalue weighted by Gasteiger charge is 2.21. The van der Waals surface area contributed by atoms with E-state index < -0.39 is 0 Å². The van der Waals surface area contributed by atoms with Gasteiger partial charge in [-0.2, -0.15) is 5.10 Å². The van der Waals surface area contributed by atoms with E-state index in [1.165, 1.54) is 16.2 Å². The first kappa shape index (κ1) is 12.3. The maximum absolute atomic E-state index is 12.0. The summed E-state index contributed by atoms with van der Waals surface area (Å²) in [5.41, 5.74) is 7.53. The normalized spacial score (nSPS) is 18.1. The fourth-order valence-electron chi connectivity index (χ4n) is 2.21. The molecule has 0 saturated carbocycles. The number of carbonyl (C=O) groups excluding carboxylic acids is 1. The number of carbonyl (C=O) groups is 1. The van der Waals surface area contributed by atoms with Crippen LogP contribution in [0.25, 0.3) is 0 Å². The zero-order valence-electron chi connectivity index (χ0n) is 10.6. The van der Waals surface area contributed by atoms with Gasteiger partial charge in [0.1, 0.15) is 5.69 Å². The zero-order valence-corrected chi connectivity index (χ0v) is 11.4. The summed E-state index contributed by atoms with van der Waals surface area (Å²) < 4.78 is 1.54. The predicted molar refractivity (Wildman–Crippen MR) is 73.3 cm³/mol. The van der Waals surface area contributed by atoms with Crippen LogP contribution in [0.2, 0.25) is 0 Å². The number of aryl methyl sites for hydroxylation is 2. The highest BCUT2D eigenvalue weighted by Crippen LogP contribution is 2.29. The van der Waals surface area contributed by atoms with Gasteiger partial charge in [0.15, 0.2) is 5.13 Å². The van der Waals surface area contributed by atoms with E-state index in [1.54, 1.807) is 24.0 Å². The van der Waals surface area contributed by atoms with Crippen molar-refractivity contribution in [2.75, 3.05) is 5.32 Å². The van der Waals surface area contributed by atoms with Gasteiger partial charge in [0, 0.05) is 24.2 Å². The van der Waals surface area contributed by atoms with Crippen molar-refractivity contribution in [3.63, 3.8) is 0 Å². The summed E-state index contributed by atoms with van der Waals surface area (Å²) in [5.74, 6) is -0.185. The number of thiazole rings is 1. The van der Waals surface area contributed by atoms with Crippen molar-refractivity contribution in [2.24, 2.45) is 12.8 Å². The fraction of sp³-hybridized carbons (Fsp3) is 0.417. The number of rotatable bonds is 2. The topological polar surface area (TPSA) is 85.8 Å². The second-order valence-electron chi connectivity index (χ2n) is 4.69. The highest BCUT2D eigenvalue weighted by atomic mass is 32.1. The SMILES string of the molecule is Cn1nccc1C(=O)Nc1nc2c(s1)C[C@@H](N)CC2. The molecule has 19 heavy (non-hydrogen) atoms. The molecule has 2 heterocycles. The minimum atomic E-state index is -0.185. The van der Waals surface area contributed by atoms with E-state index in [1.807, 2.05) is 0 Å². The summed E-state index contributed by atoms with van der Waals surface area (Å²) in [4.78, 5) is 17.7. The number of aromatic nitrogens is 3. The van der Waals surface area contributed by atoms with Crippen LogP contribution in [0.15, 0.2) is 12.3 Å². The molecule has 0 spiro atoms. The second kappa shape index (κ2) is 4.75. The van der Waals surface area contributed by atoms with Crippen molar-refractivity contribution in [1.29, 1.82) is 0 Å². The smallest absolute Gasteiger partial charge is 0.275 e. The van der Waals surface area contributed by atoms with Crippen molar-refractivity contribution in [2.45, 2.75) is 25.3 Å².